The van der Waals surface area contributed by atoms with Crippen molar-refractivity contribution in [3.05, 3.63) is 66.5 Å². The maximum Gasteiger partial charge on any atom is 0.311 e. The molecular formula is C27H32N4O4. The van der Waals surface area contributed by atoms with E-state index < -0.39 is 0 Å². The number of ether oxygens (including phenoxy) is 3. The molecule has 2 aliphatic rings. The number of nitrogens with zero attached hydrogens (tertiary/aromatic N) is 4. The number of allylic oxidation sites excluding steroid dienone is 3. The standard InChI is InChI=1S/C27H32N4O4/c1-4-7-24(31-14-13-28-26(31)20(2)35-25-8-5-6-15-34-25)12-10-21-9-11-23(29-16-21)19-30-17-22(18-30)27(32)33-3/h4,7,9,11,13-14,16,20,22,25H,1,5-6,8,15,17-19H2,2-3H3/b24-7-/t20-,25?/m0/s1. The second kappa shape index (κ2) is 11.9. The van der Waals surface area contributed by atoms with Gasteiger partial charge in [-0.1, -0.05) is 18.6 Å². The van der Waals surface area contributed by atoms with Crippen LogP contribution >= 0.6 is 0 Å². The largest absolute Gasteiger partial charge is 0.469 e. The smallest absolute Gasteiger partial charge is 0.311 e. The van der Waals surface area contributed by atoms with Crippen LogP contribution in [0.3, 0.4) is 0 Å². The Morgan fingerprint density at radius 3 is 2.89 bits per heavy atom. The molecule has 4 heterocycles. The molecule has 0 aliphatic carbocycles. The molecule has 35 heavy (non-hydrogen) atoms. The van der Waals surface area contributed by atoms with Gasteiger partial charge in [-0.25, -0.2) is 4.98 Å². The molecule has 0 aromatic carbocycles. The van der Waals surface area contributed by atoms with Gasteiger partial charge >= 0.3 is 5.97 Å². The molecule has 0 N–H and O–H groups in total. The third kappa shape index (κ3) is 6.45. The lowest BCUT2D eigenvalue weighted by Crippen LogP contribution is -2.50. The first-order valence-corrected chi connectivity index (χ1v) is 12.0. The van der Waals surface area contributed by atoms with Crippen LogP contribution in [0.2, 0.25) is 0 Å². The molecule has 2 atom stereocenters. The van der Waals surface area contributed by atoms with Crippen molar-refractivity contribution >= 4 is 11.7 Å². The fraction of sp³-hybridized carbons (Fsp3) is 0.444. The van der Waals surface area contributed by atoms with Crippen LogP contribution in [0.4, 0.5) is 0 Å². The fourth-order valence-electron chi connectivity index (χ4n) is 4.19. The van der Waals surface area contributed by atoms with Crippen molar-refractivity contribution in [2.45, 2.75) is 45.1 Å². The molecule has 0 amide bonds. The first kappa shape index (κ1) is 24.9. The molecule has 2 aromatic rings. The molecule has 0 spiro atoms. The summed E-state index contributed by atoms with van der Waals surface area (Å²) in [6.07, 6.45) is 11.6. The van der Waals surface area contributed by atoms with E-state index in [1.807, 2.05) is 35.9 Å². The van der Waals surface area contributed by atoms with E-state index in [4.69, 9.17) is 14.2 Å². The van der Waals surface area contributed by atoms with Gasteiger partial charge in [-0.15, -0.1) is 0 Å². The van der Waals surface area contributed by atoms with Crippen LogP contribution in [-0.4, -0.2) is 58.5 Å². The Labute approximate surface area is 206 Å². The van der Waals surface area contributed by atoms with Gasteiger partial charge in [0.1, 0.15) is 11.9 Å². The van der Waals surface area contributed by atoms with Crippen molar-refractivity contribution in [3.63, 3.8) is 0 Å². The average Bonchev–Trinajstić information content (AvgIpc) is 3.35. The fourth-order valence-corrected chi connectivity index (χ4v) is 4.19. The molecule has 2 aromatic heterocycles. The zero-order valence-corrected chi connectivity index (χ0v) is 20.4. The van der Waals surface area contributed by atoms with Gasteiger partial charge in [-0.2, -0.15) is 0 Å². The summed E-state index contributed by atoms with van der Waals surface area (Å²) in [4.78, 5) is 22.7. The van der Waals surface area contributed by atoms with Gasteiger partial charge in [0.25, 0.3) is 0 Å². The van der Waals surface area contributed by atoms with E-state index in [-0.39, 0.29) is 24.3 Å². The van der Waals surface area contributed by atoms with Crippen molar-refractivity contribution in [1.29, 1.82) is 0 Å². The van der Waals surface area contributed by atoms with Crippen LogP contribution in [-0.2, 0) is 25.5 Å². The summed E-state index contributed by atoms with van der Waals surface area (Å²) in [5, 5.41) is 0. The third-order valence-electron chi connectivity index (χ3n) is 6.10. The first-order valence-electron chi connectivity index (χ1n) is 12.0. The van der Waals surface area contributed by atoms with Gasteiger partial charge in [0.05, 0.1) is 24.4 Å². The lowest BCUT2D eigenvalue weighted by atomic mass is 10.0. The molecule has 0 radical (unpaired) electrons. The number of aromatic nitrogens is 3. The number of rotatable bonds is 8. The van der Waals surface area contributed by atoms with Crippen molar-refractivity contribution in [3.8, 4) is 11.8 Å². The maximum atomic E-state index is 11.5. The molecular weight excluding hydrogens is 444 g/mol. The van der Waals surface area contributed by atoms with E-state index in [0.29, 0.717) is 19.6 Å². The van der Waals surface area contributed by atoms with Crippen molar-refractivity contribution in [2.75, 3.05) is 26.8 Å². The van der Waals surface area contributed by atoms with Crippen LogP contribution < -0.4 is 0 Å². The number of carbonyl (C=O) groups excluding carboxylic acids is 1. The Balaban J connectivity index is 1.39. The highest BCUT2D eigenvalue weighted by Crippen LogP contribution is 2.24. The van der Waals surface area contributed by atoms with E-state index in [9.17, 15) is 4.79 Å². The Bertz CT molecular complexity index is 1100. The molecule has 2 fully saturated rings. The molecule has 8 nitrogen and oxygen atoms in total. The molecule has 1 unspecified atom stereocenters. The van der Waals surface area contributed by atoms with Gasteiger partial charge in [-0.05, 0) is 50.3 Å². The molecule has 0 saturated carbocycles. The molecule has 0 bridgehead atoms. The number of pyridine rings is 1. The van der Waals surface area contributed by atoms with Crippen molar-refractivity contribution in [1.82, 2.24) is 19.4 Å². The molecule has 2 aliphatic heterocycles. The summed E-state index contributed by atoms with van der Waals surface area (Å²) in [6.45, 7) is 8.65. The van der Waals surface area contributed by atoms with Crippen molar-refractivity contribution in [2.24, 2.45) is 5.92 Å². The second-order valence-electron chi connectivity index (χ2n) is 8.72. The predicted molar refractivity (Wildman–Crippen MR) is 132 cm³/mol. The molecule has 8 heteroatoms. The number of methoxy groups -OCH3 is 1. The van der Waals surface area contributed by atoms with Crippen LogP contribution in [0.1, 0.15) is 49.4 Å². The normalized spacial score (nSPS) is 19.8. The van der Waals surface area contributed by atoms with Gasteiger partial charge in [0.15, 0.2) is 6.29 Å². The van der Waals surface area contributed by atoms with E-state index >= 15 is 0 Å². The van der Waals surface area contributed by atoms with E-state index in [1.165, 1.54) is 7.11 Å². The maximum absolute atomic E-state index is 11.5. The number of likely N-dealkylation sites (tertiary alicyclic amines) is 1. The number of carbonyl (C=O) groups is 1. The van der Waals surface area contributed by atoms with E-state index in [2.05, 4.69) is 33.3 Å². The predicted octanol–water partition coefficient (Wildman–Crippen LogP) is 3.57. The second-order valence-corrected chi connectivity index (χ2v) is 8.72. The average molecular weight is 477 g/mol. The topological polar surface area (TPSA) is 78.7 Å². The molecule has 2 saturated heterocycles. The van der Waals surface area contributed by atoms with Crippen LogP contribution in [0, 0.1) is 17.8 Å². The monoisotopic (exact) mass is 476 g/mol. The summed E-state index contributed by atoms with van der Waals surface area (Å²) in [5.74, 6) is 6.99. The third-order valence-corrected chi connectivity index (χ3v) is 6.10. The summed E-state index contributed by atoms with van der Waals surface area (Å²) >= 11 is 0. The quantitative estimate of drug-likeness (QED) is 0.327. The zero-order chi connectivity index (χ0) is 24.6. The number of hydrogen-bond donors (Lipinski definition) is 0. The van der Waals surface area contributed by atoms with Crippen LogP contribution in [0.5, 0.6) is 0 Å². The molecule has 184 valence electrons. The number of imidazole rings is 1. The van der Waals surface area contributed by atoms with Gasteiger partial charge < -0.3 is 14.2 Å². The lowest BCUT2D eigenvalue weighted by molar-refractivity contribution is -0.187. The van der Waals surface area contributed by atoms with Gasteiger partial charge in [-0.3, -0.25) is 19.2 Å². The Morgan fingerprint density at radius 1 is 1.34 bits per heavy atom. The summed E-state index contributed by atoms with van der Waals surface area (Å²) < 4.78 is 18.5. The Morgan fingerprint density at radius 2 is 2.20 bits per heavy atom. The lowest BCUT2D eigenvalue weighted by Gasteiger charge is -2.36. The minimum atomic E-state index is -0.246. The van der Waals surface area contributed by atoms with Gasteiger partial charge in [0.2, 0.25) is 0 Å². The van der Waals surface area contributed by atoms with Gasteiger partial charge in [0, 0.05) is 50.4 Å². The number of esters is 1. The highest BCUT2D eigenvalue weighted by Gasteiger charge is 2.33. The number of hydrogen-bond acceptors (Lipinski definition) is 7. The van der Waals surface area contributed by atoms with Crippen LogP contribution in [0.25, 0.3) is 5.70 Å². The highest BCUT2D eigenvalue weighted by molar-refractivity contribution is 5.73. The summed E-state index contributed by atoms with van der Waals surface area (Å²) in [5.41, 5.74) is 2.49. The van der Waals surface area contributed by atoms with E-state index in [0.717, 1.165) is 48.6 Å². The first-order chi connectivity index (χ1) is 17.1. The zero-order valence-electron chi connectivity index (χ0n) is 20.4. The highest BCUT2D eigenvalue weighted by atomic mass is 16.7. The van der Waals surface area contributed by atoms with Crippen LogP contribution in [0.15, 0.2) is 49.5 Å². The Kier molecular flexibility index (Phi) is 8.48. The van der Waals surface area contributed by atoms with E-state index in [1.54, 1.807) is 18.5 Å². The van der Waals surface area contributed by atoms with Crippen molar-refractivity contribution < 1.29 is 19.0 Å². The minimum absolute atomic E-state index is 0.0309. The summed E-state index contributed by atoms with van der Waals surface area (Å²) in [6, 6.07) is 3.93. The Hall–Kier alpha value is -3.25. The SMILES string of the molecule is C=C/C=C(/C#Cc1ccc(CN2CC(C(=O)OC)C2)nc1)n1ccnc1[C@H](C)OC1CCCCO1. The summed E-state index contributed by atoms with van der Waals surface area (Å²) in [7, 11) is 1.43. The molecule has 4 rings (SSSR count). The minimum Gasteiger partial charge on any atom is -0.469 e.